The summed E-state index contributed by atoms with van der Waals surface area (Å²) in [5, 5.41) is 16.2. The van der Waals surface area contributed by atoms with E-state index in [1.54, 1.807) is 18.3 Å². The Kier molecular flexibility index (Phi) is 6.71. The molecule has 0 aliphatic carbocycles. The number of imidazole rings is 1. The van der Waals surface area contributed by atoms with Crippen LogP contribution in [0.2, 0.25) is 0 Å². The van der Waals surface area contributed by atoms with E-state index in [2.05, 4.69) is 15.6 Å². The molecule has 3 aromatic rings. The molecule has 1 heterocycles. The number of amides is 1. The highest BCUT2D eigenvalue weighted by molar-refractivity contribution is 5.76. The van der Waals surface area contributed by atoms with Gasteiger partial charge in [0, 0.05) is 38.0 Å². The van der Waals surface area contributed by atoms with Crippen LogP contribution in [0.3, 0.4) is 0 Å². The Hall–Kier alpha value is -3.96. The third-order valence-corrected chi connectivity index (χ3v) is 4.47. The molecular weight excluding hydrogens is 434 g/mol. The van der Waals surface area contributed by atoms with E-state index in [0.717, 1.165) is 12.1 Å². The summed E-state index contributed by atoms with van der Waals surface area (Å²) in [7, 11) is 0. The van der Waals surface area contributed by atoms with Gasteiger partial charge in [-0.2, -0.15) is 13.2 Å². The Morgan fingerprint density at radius 3 is 2.59 bits per heavy atom. The third kappa shape index (κ3) is 5.59. The number of nitro benzene ring substituents is 1. The number of carbonyl (C=O) groups is 1. The summed E-state index contributed by atoms with van der Waals surface area (Å²) in [4.78, 5) is 26.0. The van der Waals surface area contributed by atoms with Gasteiger partial charge < -0.3 is 15.2 Å². The van der Waals surface area contributed by atoms with Crippen molar-refractivity contribution in [2.75, 3.05) is 11.9 Å². The fourth-order valence-corrected chi connectivity index (χ4v) is 2.88. The summed E-state index contributed by atoms with van der Waals surface area (Å²) in [6.07, 6.45) is -0.254. The highest BCUT2D eigenvalue weighted by Gasteiger charge is 2.33. The highest BCUT2D eigenvalue weighted by Crippen LogP contribution is 2.34. The molecular formula is C20H17F4N5O3. The molecule has 0 unspecified atom stereocenters. The fraction of sp³-hybridized carbons (Fsp3) is 0.200. The van der Waals surface area contributed by atoms with Crippen LogP contribution >= 0.6 is 0 Å². The zero-order chi connectivity index (χ0) is 23.3. The lowest BCUT2D eigenvalue weighted by atomic mass is 10.1. The van der Waals surface area contributed by atoms with Crippen molar-refractivity contribution in [1.82, 2.24) is 14.9 Å². The molecule has 2 N–H and O–H groups in total. The molecule has 3 rings (SSSR count). The van der Waals surface area contributed by atoms with E-state index in [-0.39, 0.29) is 25.2 Å². The number of halogens is 4. The van der Waals surface area contributed by atoms with Gasteiger partial charge >= 0.3 is 6.18 Å². The van der Waals surface area contributed by atoms with E-state index in [1.807, 2.05) is 0 Å². The molecule has 0 aliphatic heterocycles. The zero-order valence-corrected chi connectivity index (χ0v) is 16.4. The maximum atomic E-state index is 14.2. The maximum absolute atomic E-state index is 14.2. The number of alkyl halides is 3. The Bertz CT molecular complexity index is 1120. The summed E-state index contributed by atoms with van der Waals surface area (Å²) >= 11 is 0. The number of hydrogen-bond donors (Lipinski definition) is 2. The lowest BCUT2D eigenvalue weighted by molar-refractivity contribution is -0.384. The van der Waals surface area contributed by atoms with Gasteiger partial charge in [0.05, 0.1) is 22.5 Å². The molecule has 0 saturated heterocycles. The summed E-state index contributed by atoms with van der Waals surface area (Å²) in [6.45, 7) is 0.00631. The molecule has 0 bridgehead atoms. The second-order valence-corrected chi connectivity index (χ2v) is 6.70. The maximum Gasteiger partial charge on any atom is 0.416 e. The van der Waals surface area contributed by atoms with Crippen LogP contribution in [-0.2, 0) is 17.5 Å². The van der Waals surface area contributed by atoms with E-state index in [0.29, 0.717) is 17.3 Å². The van der Waals surface area contributed by atoms with E-state index in [1.165, 1.54) is 23.2 Å². The molecule has 168 valence electrons. The molecule has 0 atom stereocenters. The molecule has 32 heavy (non-hydrogen) atoms. The first-order valence-corrected chi connectivity index (χ1v) is 9.28. The number of nitro groups is 1. The monoisotopic (exact) mass is 451 g/mol. The molecule has 8 nitrogen and oxygen atoms in total. The van der Waals surface area contributed by atoms with Gasteiger partial charge in [0.1, 0.15) is 11.5 Å². The second kappa shape index (κ2) is 9.45. The van der Waals surface area contributed by atoms with E-state index >= 15 is 0 Å². The normalized spacial score (nSPS) is 11.2. The van der Waals surface area contributed by atoms with Gasteiger partial charge in [-0.1, -0.05) is 6.07 Å². The minimum absolute atomic E-state index is 0.0496. The van der Waals surface area contributed by atoms with Crippen LogP contribution in [0, 0.1) is 15.9 Å². The summed E-state index contributed by atoms with van der Waals surface area (Å²) < 4.78 is 54.0. The molecule has 1 amide bonds. The number of aromatic nitrogens is 2. The molecule has 1 aromatic heterocycles. The van der Waals surface area contributed by atoms with Crippen molar-refractivity contribution in [3.8, 4) is 5.69 Å². The van der Waals surface area contributed by atoms with Crippen LogP contribution in [0.15, 0.2) is 55.1 Å². The lowest BCUT2D eigenvalue weighted by Gasteiger charge is -2.11. The van der Waals surface area contributed by atoms with Crippen molar-refractivity contribution in [3.63, 3.8) is 0 Å². The number of nitrogens with zero attached hydrogens (tertiary/aromatic N) is 3. The van der Waals surface area contributed by atoms with Gasteiger partial charge in [0.15, 0.2) is 0 Å². The highest BCUT2D eigenvalue weighted by atomic mass is 19.4. The summed E-state index contributed by atoms with van der Waals surface area (Å²) in [5.74, 6) is -0.919. The SMILES string of the molecule is O=C(CCNc1ccc(C(F)(F)F)cc1[N+](=O)[O-])NCc1ccc(-n2ccnc2)c(F)c1. The topological polar surface area (TPSA) is 102 Å². The predicted molar refractivity (Wildman–Crippen MR) is 107 cm³/mol. The van der Waals surface area contributed by atoms with E-state index in [9.17, 15) is 32.5 Å². The van der Waals surface area contributed by atoms with Gasteiger partial charge in [0.2, 0.25) is 5.91 Å². The average molecular weight is 451 g/mol. The Morgan fingerprint density at radius 2 is 1.97 bits per heavy atom. The Balaban J connectivity index is 1.53. The van der Waals surface area contributed by atoms with Gasteiger partial charge in [-0.3, -0.25) is 14.9 Å². The smallest absolute Gasteiger partial charge is 0.379 e. The van der Waals surface area contributed by atoms with Crippen LogP contribution in [0.4, 0.5) is 28.9 Å². The summed E-state index contributed by atoms with van der Waals surface area (Å²) in [5.41, 5.74) is -1.19. The van der Waals surface area contributed by atoms with E-state index in [4.69, 9.17) is 0 Å². The van der Waals surface area contributed by atoms with Crippen LogP contribution in [-0.4, -0.2) is 26.9 Å². The van der Waals surface area contributed by atoms with Gasteiger partial charge in [-0.15, -0.1) is 0 Å². The molecule has 0 saturated carbocycles. The van der Waals surface area contributed by atoms with Gasteiger partial charge in [0.25, 0.3) is 5.69 Å². The first kappa shape index (κ1) is 22.7. The summed E-state index contributed by atoms with van der Waals surface area (Å²) in [6, 6.07) is 6.57. The molecule has 0 spiro atoms. The Labute approximate surface area is 179 Å². The van der Waals surface area contributed by atoms with Crippen LogP contribution in [0.5, 0.6) is 0 Å². The first-order valence-electron chi connectivity index (χ1n) is 9.28. The van der Waals surface area contributed by atoms with Crippen LogP contribution in [0.1, 0.15) is 17.5 Å². The average Bonchev–Trinajstić information content (AvgIpc) is 3.26. The van der Waals surface area contributed by atoms with Gasteiger partial charge in [-0.05, 0) is 29.8 Å². The van der Waals surface area contributed by atoms with E-state index < -0.39 is 34.1 Å². The number of hydrogen-bond acceptors (Lipinski definition) is 5. The standard InChI is InChI=1S/C20H17F4N5O3/c21-15-9-13(1-4-17(15)28-8-7-25-12-28)11-27-19(30)5-6-26-16-3-2-14(20(22,23)24)10-18(16)29(31)32/h1-4,7-10,12,26H,5-6,11H2,(H,27,30). The lowest BCUT2D eigenvalue weighted by Crippen LogP contribution is -2.25. The molecule has 2 aromatic carbocycles. The Morgan fingerprint density at radius 1 is 1.19 bits per heavy atom. The fourth-order valence-electron chi connectivity index (χ4n) is 2.88. The van der Waals surface area contributed by atoms with Crippen LogP contribution in [0.25, 0.3) is 5.69 Å². The van der Waals surface area contributed by atoms with Crippen molar-refractivity contribution < 1.29 is 27.3 Å². The van der Waals surface area contributed by atoms with Gasteiger partial charge in [-0.25, -0.2) is 9.37 Å². The third-order valence-electron chi connectivity index (χ3n) is 4.47. The quantitative estimate of drug-likeness (QED) is 0.306. The number of rotatable bonds is 8. The second-order valence-electron chi connectivity index (χ2n) is 6.70. The molecule has 0 fully saturated rings. The number of carbonyl (C=O) groups excluding carboxylic acids is 1. The number of benzene rings is 2. The molecule has 0 radical (unpaired) electrons. The first-order chi connectivity index (χ1) is 15.1. The number of anilines is 1. The molecule has 0 aliphatic rings. The zero-order valence-electron chi connectivity index (χ0n) is 16.4. The van der Waals surface area contributed by atoms with Crippen molar-refractivity contribution in [2.45, 2.75) is 19.1 Å². The van der Waals surface area contributed by atoms with Crippen molar-refractivity contribution in [1.29, 1.82) is 0 Å². The number of nitrogens with one attached hydrogen (secondary N) is 2. The molecule has 12 heteroatoms. The predicted octanol–water partition coefficient (Wildman–Crippen LogP) is 4.06. The largest absolute Gasteiger partial charge is 0.416 e. The minimum Gasteiger partial charge on any atom is -0.379 e. The van der Waals surface area contributed by atoms with Crippen molar-refractivity contribution >= 4 is 17.3 Å². The van der Waals surface area contributed by atoms with Crippen LogP contribution < -0.4 is 10.6 Å². The minimum atomic E-state index is -4.71. The van der Waals surface area contributed by atoms with Crippen molar-refractivity contribution in [3.05, 3.63) is 82.2 Å². The van der Waals surface area contributed by atoms with Crippen molar-refractivity contribution in [2.24, 2.45) is 0 Å².